The lowest BCUT2D eigenvalue weighted by molar-refractivity contribution is -0.159. The van der Waals surface area contributed by atoms with Gasteiger partial charge in [-0.25, -0.2) is 8.42 Å². The molecule has 0 aliphatic carbocycles. The summed E-state index contributed by atoms with van der Waals surface area (Å²) in [5, 5.41) is 2.53. The van der Waals surface area contributed by atoms with E-state index in [1.165, 1.54) is 19.1 Å². The van der Waals surface area contributed by atoms with Crippen molar-refractivity contribution in [1.29, 1.82) is 0 Å². The highest BCUT2D eigenvalue weighted by Crippen LogP contribution is 2.26. The maximum Gasteiger partial charge on any atom is 0.265 e. The SMILES string of the molecule is COc1ccc(-c2ccc(S(=O)(=O)N(OC(C)C)[C@H](CCNC(C)=O)C(N)=O)cc2)cc1. The molecule has 0 aliphatic heterocycles. The summed E-state index contributed by atoms with van der Waals surface area (Å²) in [7, 11) is -2.64. The van der Waals surface area contributed by atoms with Gasteiger partial charge in [0, 0.05) is 13.5 Å². The third kappa shape index (κ3) is 6.52. The van der Waals surface area contributed by atoms with E-state index < -0.39 is 28.1 Å². The van der Waals surface area contributed by atoms with E-state index in [9.17, 15) is 18.0 Å². The summed E-state index contributed by atoms with van der Waals surface area (Å²) < 4.78 is 32.5. The molecule has 0 fully saturated rings. The standard InChI is InChI=1S/C22H29N3O6S/c1-15(2)31-25(21(22(23)27)13-14-24-16(3)26)32(28,29)20-11-7-18(8-12-20)17-5-9-19(30-4)10-6-17/h5-12,15,21H,13-14H2,1-4H3,(H2,23,27)(H,24,26)/t21-/m1/s1. The van der Waals surface area contributed by atoms with Gasteiger partial charge in [0.05, 0.1) is 18.1 Å². The zero-order valence-electron chi connectivity index (χ0n) is 18.6. The zero-order chi connectivity index (χ0) is 23.9. The Morgan fingerprint density at radius 3 is 2.00 bits per heavy atom. The van der Waals surface area contributed by atoms with Crippen LogP contribution in [0.15, 0.2) is 53.4 Å². The van der Waals surface area contributed by atoms with E-state index in [2.05, 4.69) is 5.32 Å². The fourth-order valence-corrected chi connectivity index (χ4v) is 4.47. The number of rotatable bonds is 11. The Morgan fingerprint density at radius 2 is 1.56 bits per heavy atom. The number of nitrogens with one attached hydrogen (secondary N) is 1. The second-order valence-electron chi connectivity index (χ2n) is 7.36. The predicted octanol–water partition coefficient (Wildman–Crippen LogP) is 2.07. The van der Waals surface area contributed by atoms with Crippen LogP contribution in [0.3, 0.4) is 0 Å². The lowest BCUT2D eigenvalue weighted by Gasteiger charge is -2.29. The van der Waals surface area contributed by atoms with Gasteiger partial charge in [0.2, 0.25) is 11.8 Å². The van der Waals surface area contributed by atoms with E-state index in [0.29, 0.717) is 10.2 Å². The van der Waals surface area contributed by atoms with Crippen molar-refractivity contribution >= 4 is 21.8 Å². The quantitative estimate of drug-likeness (QED) is 0.491. The first-order valence-corrected chi connectivity index (χ1v) is 11.5. The Morgan fingerprint density at radius 1 is 1.03 bits per heavy atom. The predicted molar refractivity (Wildman–Crippen MR) is 120 cm³/mol. The molecule has 0 radical (unpaired) electrons. The number of benzene rings is 2. The number of amides is 2. The molecule has 0 saturated carbocycles. The highest BCUT2D eigenvalue weighted by atomic mass is 32.2. The maximum absolute atomic E-state index is 13.3. The summed E-state index contributed by atoms with van der Waals surface area (Å²) in [4.78, 5) is 28.7. The van der Waals surface area contributed by atoms with Gasteiger partial charge in [0.15, 0.2) is 0 Å². The molecule has 2 aromatic carbocycles. The molecule has 1 atom stereocenters. The summed E-state index contributed by atoms with van der Waals surface area (Å²) >= 11 is 0. The van der Waals surface area contributed by atoms with Gasteiger partial charge in [-0.1, -0.05) is 28.7 Å². The van der Waals surface area contributed by atoms with Gasteiger partial charge in [-0.15, -0.1) is 0 Å². The maximum atomic E-state index is 13.3. The minimum absolute atomic E-state index is 0.0369. The highest BCUT2D eigenvalue weighted by Gasteiger charge is 2.37. The van der Waals surface area contributed by atoms with Crippen molar-refractivity contribution in [3.8, 4) is 16.9 Å². The first-order chi connectivity index (χ1) is 15.1. The number of nitrogens with two attached hydrogens (primary N) is 1. The Labute approximate surface area is 188 Å². The molecular weight excluding hydrogens is 434 g/mol. The first-order valence-electron chi connectivity index (χ1n) is 10.1. The molecule has 0 spiro atoms. The summed E-state index contributed by atoms with van der Waals surface area (Å²) in [6.07, 6.45) is -0.573. The molecule has 0 aliphatic rings. The van der Waals surface area contributed by atoms with Crippen LogP contribution in [0.2, 0.25) is 0 Å². The number of methoxy groups -OCH3 is 1. The van der Waals surface area contributed by atoms with Crippen molar-refractivity contribution in [2.45, 2.75) is 44.2 Å². The van der Waals surface area contributed by atoms with E-state index in [0.717, 1.165) is 11.1 Å². The molecule has 3 N–H and O–H groups in total. The zero-order valence-corrected chi connectivity index (χ0v) is 19.4. The second kappa shape index (κ2) is 11.1. The van der Waals surface area contributed by atoms with Crippen LogP contribution in [0.5, 0.6) is 5.75 Å². The molecule has 2 amide bonds. The molecule has 0 bridgehead atoms. The molecule has 2 rings (SSSR count). The molecule has 9 nitrogen and oxygen atoms in total. The average molecular weight is 464 g/mol. The van der Waals surface area contributed by atoms with Crippen molar-refractivity contribution in [2.24, 2.45) is 5.73 Å². The van der Waals surface area contributed by atoms with Crippen LogP contribution >= 0.6 is 0 Å². The monoisotopic (exact) mass is 463 g/mol. The molecular formula is C22H29N3O6S. The normalized spacial score (nSPS) is 12.6. The molecule has 10 heteroatoms. The van der Waals surface area contributed by atoms with Crippen molar-refractivity contribution in [2.75, 3.05) is 13.7 Å². The number of hydroxylamine groups is 1. The van der Waals surface area contributed by atoms with E-state index >= 15 is 0 Å². The molecule has 0 aromatic heterocycles. The third-order valence-corrected chi connectivity index (χ3v) is 6.18. The van der Waals surface area contributed by atoms with Crippen LogP contribution < -0.4 is 15.8 Å². The highest BCUT2D eigenvalue weighted by molar-refractivity contribution is 7.89. The molecule has 32 heavy (non-hydrogen) atoms. The van der Waals surface area contributed by atoms with Crippen LogP contribution in [-0.2, 0) is 24.4 Å². The first kappa shape index (κ1) is 25.3. The van der Waals surface area contributed by atoms with E-state index in [4.69, 9.17) is 15.3 Å². The lowest BCUT2D eigenvalue weighted by atomic mass is 10.1. The number of carbonyl (C=O) groups excluding carboxylic acids is 2. The van der Waals surface area contributed by atoms with Gasteiger partial charge in [0.25, 0.3) is 10.0 Å². The van der Waals surface area contributed by atoms with Gasteiger partial charge in [0.1, 0.15) is 11.8 Å². The minimum Gasteiger partial charge on any atom is -0.497 e. The third-order valence-electron chi connectivity index (χ3n) is 4.50. The van der Waals surface area contributed by atoms with Gasteiger partial charge in [-0.2, -0.15) is 0 Å². The number of carbonyl (C=O) groups is 2. The molecule has 0 saturated heterocycles. The van der Waals surface area contributed by atoms with E-state index in [-0.39, 0.29) is 23.8 Å². The number of nitrogens with zero attached hydrogens (tertiary/aromatic N) is 1. The topological polar surface area (TPSA) is 128 Å². The van der Waals surface area contributed by atoms with Crippen molar-refractivity contribution in [3.05, 3.63) is 48.5 Å². The summed E-state index contributed by atoms with van der Waals surface area (Å²) in [6.45, 7) is 4.66. The molecule has 0 heterocycles. The van der Waals surface area contributed by atoms with E-state index in [1.54, 1.807) is 33.1 Å². The van der Waals surface area contributed by atoms with Crippen LogP contribution in [0, 0.1) is 0 Å². The Kier molecular flexibility index (Phi) is 8.76. The second-order valence-corrected chi connectivity index (χ2v) is 9.14. The average Bonchev–Trinajstić information content (AvgIpc) is 2.75. The lowest BCUT2D eigenvalue weighted by Crippen LogP contribution is -2.50. The van der Waals surface area contributed by atoms with Gasteiger partial charge >= 0.3 is 0 Å². The fraction of sp³-hybridized carbons (Fsp3) is 0.364. The Balaban J connectivity index is 2.35. The van der Waals surface area contributed by atoms with Crippen LogP contribution in [0.4, 0.5) is 0 Å². The number of hydrogen-bond donors (Lipinski definition) is 2. The number of hydrogen-bond acceptors (Lipinski definition) is 6. The summed E-state index contributed by atoms with van der Waals surface area (Å²) in [5.41, 5.74) is 7.17. The smallest absolute Gasteiger partial charge is 0.265 e. The van der Waals surface area contributed by atoms with Crippen LogP contribution in [0.25, 0.3) is 11.1 Å². The fourth-order valence-electron chi connectivity index (χ4n) is 2.95. The van der Waals surface area contributed by atoms with Crippen molar-refractivity contribution < 1.29 is 27.6 Å². The summed E-state index contributed by atoms with van der Waals surface area (Å²) in [5.74, 6) is -0.470. The summed E-state index contributed by atoms with van der Waals surface area (Å²) in [6, 6.07) is 12.3. The number of ether oxygens (including phenoxy) is 1. The molecule has 174 valence electrons. The van der Waals surface area contributed by atoms with Crippen LogP contribution in [0.1, 0.15) is 27.2 Å². The van der Waals surface area contributed by atoms with Gasteiger partial charge < -0.3 is 15.8 Å². The number of primary amides is 1. The Hall–Kier alpha value is -2.95. The van der Waals surface area contributed by atoms with Crippen LogP contribution in [-0.4, -0.2) is 50.5 Å². The Bertz CT molecular complexity index is 1020. The van der Waals surface area contributed by atoms with Crippen molar-refractivity contribution in [3.63, 3.8) is 0 Å². The largest absolute Gasteiger partial charge is 0.497 e. The minimum atomic E-state index is -4.22. The van der Waals surface area contributed by atoms with E-state index in [1.807, 2.05) is 24.3 Å². The van der Waals surface area contributed by atoms with Crippen molar-refractivity contribution in [1.82, 2.24) is 9.79 Å². The molecule has 2 aromatic rings. The van der Waals surface area contributed by atoms with Gasteiger partial charge in [-0.05, 0) is 55.7 Å². The number of sulfonamides is 1. The molecule has 0 unspecified atom stereocenters. The van der Waals surface area contributed by atoms with Gasteiger partial charge in [-0.3, -0.25) is 14.4 Å².